The molecule has 0 aliphatic carbocycles. The first kappa shape index (κ1) is 11.0. The summed E-state index contributed by atoms with van der Waals surface area (Å²) < 4.78 is 0. The molecule has 16 heavy (non-hydrogen) atoms. The van der Waals surface area contributed by atoms with Crippen molar-refractivity contribution in [1.29, 1.82) is 0 Å². The average molecular weight is 226 g/mol. The number of fused-ring (bicyclic) bond motifs is 1. The minimum Gasteiger partial charge on any atom is -0.314 e. The fraction of sp³-hybridized carbons (Fsp3) is 0.800. The van der Waals surface area contributed by atoms with Crippen molar-refractivity contribution in [2.75, 3.05) is 19.6 Å². The van der Waals surface area contributed by atoms with Gasteiger partial charge in [-0.1, -0.05) is 0 Å². The van der Waals surface area contributed by atoms with E-state index in [4.69, 9.17) is 0 Å². The molecule has 2 aliphatic heterocycles. The first-order chi connectivity index (χ1) is 7.65. The maximum absolute atomic E-state index is 12.0. The third-order valence-electron chi connectivity index (χ3n) is 3.30. The zero-order chi connectivity index (χ0) is 11.9. The summed E-state index contributed by atoms with van der Waals surface area (Å²) in [7, 11) is 0. The van der Waals surface area contributed by atoms with Gasteiger partial charge in [-0.15, -0.1) is 0 Å². The summed E-state index contributed by atoms with van der Waals surface area (Å²) in [5, 5.41) is 2.86. The molecule has 2 aliphatic rings. The van der Waals surface area contributed by atoms with Gasteiger partial charge in [-0.05, 0) is 20.8 Å². The van der Waals surface area contributed by atoms with Crippen molar-refractivity contribution in [2.45, 2.75) is 33.1 Å². The molecule has 2 saturated heterocycles. The second-order valence-corrected chi connectivity index (χ2v) is 3.95. The molecule has 2 fully saturated rings. The number of hydrogen-bond acceptors (Lipinski definition) is 2. The number of nitrogens with one attached hydrogen (secondary N) is 1. The SMILES string of the molecule is CCN1C(=O)N[C@@H]2[C@@H]1N(CC)C(=O)N2CC. The summed E-state index contributed by atoms with van der Waals surface area (Å²) in [5.74, 6) is 0. The fourth-order valence-corrected chi connectivity index (χ4v) is 2.53. The van der Waals surface area contributed by atoms with E-state index in [-0.39, 0.29) is 24.4 Å². The van der Waals surface area contributed by atoms with Crippen molar-refractivity contribution in [3.05, 3.63) is 0 Å². The van der Waals surface area contributed by atoms with Crippen LogP contribution >= 0.6 is 0 Å². The summed E-state index contributed by atoms with van der Waals surface area (Å²) >= 11 is 0. The van der Waals surface area contributed by atoms with Gasteiger partial charge in [0.25, 0.3) is 0 Å². The Labute approximate surface area is 95.2 Å². The Balaban J connectivity index is 2.31. The normalized spacial score (nSPS) is 28.8. The van der Waals surface area contributed by atoms with Gasteiger partial charge in [-0.25, -0.2) is 9.59 Å². The smallest absolute Gasteiger partial charge is 0.314 e. The van der Waals surface area contributed by atoms with Gasteiger partial charge in [0, 0.05) is 19.6 Å². The van der Waals surface area contributed by atoms with Crippen LogP contribution in [0.4, 0.5) is 9.59 Å². The summed E-state index contributed by atoms with van der Waals surface area (Å²) in [6.07, 6.45) is -0.333. The van der Waals surface area contributed by atoms with Gasteiger partial charge in [-0.2, -0.15) is 0 Å². The molecule has 2 atom stereocenters. The van der Waals surface area contributed by atoms with Crippen molar-refractivity contribution < 1.29 is 9.59 Å². The molecule has 6 heteroatoms. The van der Waals surface area contributed by atoms with Crippen LogP contribution in [0.3, 0.4) is 0 Å². The van der Waals surface area contributed by atoms with Crippen molar-refractivity contribution in [1.82, 2.24) is 20.0 Å². The minimum absolute atomic E-state index is 0.0125. The number of carbonyl (C=O) groups is 2. The molecule has 2 rings (SSSR count). The van der Waals surface area contributed by atoms with E-state index >= 15 is 0 Å². The number of rotatable bonds is 3. The van der Waals surface area contributed by atoms with Gasteiger partial charge in [0.2, 0.25) is 0 Å². The molecule has 6 nitrogen and oxygen atoms in total. The molecule has 0 bridgehead atoms. The molecule has 90 valence electrons. The van der Waals surface area contributed by atoms with Crippen LogP contribution in [0.15, 0.2) is 0 Å². The molecule has 4 amide bonds. The molecular formula is C10H18N4O2. The molecule has 0 unspecified atom stereocenters. The Morgan fingerprint density at radius 1 is 1.00 bits per heavy atom. The fourth-order valence-electron chi connectivity index (χ4n) is 2.53. The average Bonchev–Trinajstić information content (AvgIpc) is 2.70. The van der Waals surface area contributed by atoms with E-state index in [1.54, 1.807) is 14.7 Å². The van der Waals surface area contributed by atoms with Crippen LogP contribution in [0.2, 0.25) is 0 Å². The predicted molar refractivity (Wildman–Crippen MR) is 58.6 cm³/mol. The number of nitrogens with zero attached hydrogens (tertiary/aromatic N) is 3. The van der Waals surface area contributed by atoms with Crippen LogP contribution < -0.4 is 5.32 Å². The number of amides is 4. The second-order valence-electron chi connectivity index (χ2n) is 3.95. The molecule has 0 radical (unpaired) electrons. The summed E-state index contributed by atoms with van der Waals surface area (Å²) in [6, 6.07) is -0.0691. The van der Waals surface area contributed by atoms with E-state index in [0.29, 0.717) is 19.6 Å². The Morgan fingerprint density at radius 3 is 2.06 bits per heavy atom. The lowest BCUT2D eigenvalue weighted by atomic mass is 10.3. The van der Waals surface area contributed by atoms with E-state index in [1.807, 2.05) is 20.8 Å². The van der Waals surface area contributed by atoms with E-state index in [2.05, 4.69) is 5.32 Å². The van der Waals surface area contributed by atoms with Crippen molar-refractivity contribution in [3.8, 4) is 0 Å². The first-order valence-electron chi connectivity index (χ1n) is 5.80. The van der Waals surface area contributed by atoms with Crippen LogP contribution in [0.25, 0.3) is 0 Å². The lowest BCUT2D eigenvalue weighted by Crippen LogP contribution is -2.46. The molecule has 0 aromatic carbocycles. The van der Waals surface area contributed by atoms with Gasteiger partial charge in [0.05, 0.1) is 0 Å². The van der Waals surface area contributed by atoms with Crippen molar-refractivity contribution in [3.63, 3.8) is 0 Å². The minimum atomic E-state index is -0.190. The van der Waals surface area contributed by atoms with Crippen LogP contribution in [0.1, 0.15) is 20.8 Å². The predicted octanol–water partition coefficient (Wildman–Crippen LogP) is 0.461. The van der Waals surface area contributed by atoms with Crippen LogP contribution in [0.5, 0.6) is 0 Å². The van der Waals surface area contributed by atoms with Crippen LogP contribution in [0, 0.1) is 0 Å². The number of carbonyl (C=O) groups excluding carboxylic acids is 2. The third-order valence-corrected chi connectivity index (χ3v) is 3.30. The van der Waals surface area contributed by atoms with Crippen LogP contribution in [-0.4, -0.2) is 58.7 Å². The highest BCUT2D eigenvalue weighted by molar-refractivity contribution is 5.85. The zero-order valence-electron chi connectivity index (χ0n) is 9.93. The van der Waals surface area contributed by atoms with Gasteiger partial charge in [0.15, 0.2) is 0 Å². The molecular weight excluding hydrogens is 208 g/mol. The summed E-state index contributed by atoms with van der Waals surface area (Å²) in [5.41, 5.74) is 0. The number of hydrogen-bond donors (Lipinski definition) is 1. The number of likely N-dealkylation sites (N-methyl/N-ethyl adjacent to an activating group) is 3. The zero-order valence-corrected chi connectivity index (χ0v) is 9.93. The van der Waals surface area contributed by atoms with Crippen molar-refractivity contribution in [2.24, 2.45) is 0 Å². The molecule has 0 aromatic rings. The van der Waals surface area contributed by atoms with E-state index in [9.17, 15) is 9.59 Å². The molecule has 1 N–H and O–H groups in total. The van der Waals surface area contributed by atoms with E-state index in [0.717, 1.165) is 0 Å². The molecule has 0 aromatic heterocycles. The Hall–Kier alpha value is -1.46. The highest BCUT2D eigenvalue weighted by atomic mass is 16.2. The lowest BCUT2D eigenvalue weighted by Gasteiger charge is -2.27. The quantitative estimate of drug-likeness (QED) is 0.760. The summed E-state index contributed by atoms with van der Waals surface area (Å²) in [4.78, 5) is 28.9. The van der Waals surface area contributed by atoms with E-state index in [1.165, 1.54) is 0 Å². The molecule has 2 heterocycles. The second kappa shape index (κ2) is 3.84. The summed E-state index contributed by atoms with van der Waals surface area (Å²) in [6.45, 7) is 7.65. The Bertz CT molecular complexity index is 318. The molecule has 0 saturated carbocycles. The standard InChI is InChI=1S/C10H18N4O2/c1-4-12-7-8(14(6-3)10(12)16)13(5-2)9(15)11-7/h7-8H,4-6H2,1-3H3,(H,11,15)/t7-,8-/m0/s1. The Morgan fingerprint density at radius 2 is 1.56 bits per heavy atom. The Kier molecular flexibility index (Phi) is 2.65. The van der Waals surface area contributed by atoms with Gasteiger partial charge >= 0.3 is 12.1 Å². The topological polar surface area (TPSA) is 55.9 Å². The maximum atomic E-state index is 12.0. The van der Waals surface area contributed by atoms with Gasteiger partial charge < -0.3 is 20.0 Å². The third kappa shape index (κ3) is 1.25. The first-order valence-corrected chi connectivity index (χ1v) is 5.80. The number of urea groups is 2. The lowest BCUT2D eigenvalue weighted by molar-refractivity contribution is 0.136. The van der Waals surface area contributed by atoms with Crippen molar-refractivity contribution >= 4 is 12.1 Å². The monoisotopic (exact) mass is 226 g/mol. The maximum Gasteiger partial charge on any atom is 0.323 e. The van der Waals surface area contributed by atoms with E-state index < -0.39 is 0 Å². The largest absolute Gasteiger partial charge is 0.323 e. The van der Waals surface area contributed by atoms with Crippen LogP contribution in [-0.2, 0) is 0 Å². The van der Waals surface area contributed by atoms with Gasteiger partial charge in [-0.3, -0.25) is 0 Å². The molecule has 0 spiro atoms. The van der Waals surface area contributed by atoms with Gasteiger partial charge in [0.1, 0.15) is 12.3 Å². The highest BCUT2D eigenvalue weighted by Gasteiger charge is 2.53. The highest BCUT2D eigenvalue weighted by Crippen LogP contribution is 2.28.